The Balaban J connectivity index is 2.16. The van der Waals surface area contributed by atoms with Crippen LogP contribution in [0.25, 0.3) is 10.9 Å². The van der Waals surface area contributed by atoms with Gasteiger partial charge in [-0.3, -0.25) is 14.9 Å². The minimum atomic E-state index is -0.815. The second kappa shape index (κ2) is 9.45. The minimum Gasteiger partial charge on any atom is -0.388 e. The molecule has 0 fully saturated rings. The Morgan fingerprint density at radius 2 is 1.71 bits per heavy atom. The van der Waals surface area contributed by atoms with Gasteiger partial charge >= 0.3 is 11.6 Å². The van der Waals surface area contributed by atoms with E-state index in [1.165, 1.54) is 0 Å². The van der Waals surface area contributed by atoms with E-state index in [-0.39, 0.29) is 23.8 Å². The number of hydrogen-bond acceptors (Lipinski definition) is 6. The number of amides is 2. The molecule has 0 saturated carbocycles. The van der Waals surface area contributed by atoms with Crippen molar-refractivity contribution in [2.24, 2.45) is 17.6 Å². The van der Waals surface area contributed by atoms with Crippen LogP contribution in [0, 0.1) is 11.8 Å². The molecule has 2 atom stereocenters. The molecule has 0 radical (unpaired) electrons. The van der Waals surface area contributed by atoms with Gasteiger partial charge in [0, 0.05) is 0 Å². The first kappa shape index (κ1) is 21.6. The number of nitrogens with zero attached hydrogens (tertiary/aromatic N) is 1. The van der Waals surface area contributed by atoms with E-state index >= 15 is 0 Å². The number of carbonyl (C=O) groups is 2. The number of nitrogens with two attached hydrogens (primary N) is 1. The largest absolute Gasteiger partial charge is 0.388 e. The average Bonchev–Trinajstić information content (AvgIpc) is 2.60. The highest BCUT2D eigenvalue weighted by molar-refractivity contribution is 5.97. The first-order valence-electron chi connectivity index (χ1n) is 9.44. The van der Waals surface area contributed by atoms with E-state index in [1.54, 1.807) is 24.3 Å². The molecule has 0 aliphatic heterocycles. The molecule has 0 spiro atoms. The molecule has 8 heteroatoms. The van der Waals surface area contributed by atoms with Crippen LogP contribution in [-0.4, -0.2) is 28.9 Å². The zero-order valence-electron chi connectivity index (χ0n) is 16.7. The highest BCUT2D eigenvalue weighted by atomic mass is 16.4. The number of benzene rings is 1. The van der Waals surface area contributed by atoms with Crippen molar-refractivity contribution >= 4 is 28.7 Å². The fourth-order valence-corrected chi connectivity index (χ4v) is 2.86. The number of carbonyl (C=O) groups excluding carboxylic acids is 2. The third-order valence-electron chi connectivity index (χ3n) is 4.17. The Kier molecular flexibility index (Phi) is 7.28. The summed E-state index contributed by atoms with van der Waals surface area (Å²) in [7, 11) is 0. The normalized spacial score (nSPS) is 13.5. The van der Waals surface area contributed by atoms with Gasteiger partial charge in [0.25, 0.3) is 5.91 Å². The summed E-state index contributed by atoms with van der Waals surface area (Å²) < 4.78 is 5.09. The number of para-hydroxylation sites is 1. The summed E-state index contributed by atoms with van der Waals surface area (Å²) in [4.78, 5) is 41.3. The average molecular weight is 388 g/mol. The van der Waals surface area contributed by atoms with E-state index in [0.29, 0.717) is 23.7 Å². The Morgan fingerprint density at radius 3 is 2.36 bits per heavy atom. The van der Waals surface area contributed by atoms with Gasteiger partial charge < -0.3 is 15.5 Å². The number of aromatic nitrogens is 1. The van der Waals surface area contributed by atoms with E-state index < -0.39 is 23.6 Å². The minimum absolute atomic E-state index is 0.147. The first-order chi connectivity index (χ1) is 13.2. The van der Waals surface area contributed by atoms with Crippen LogP contribution in [0.15, 0.2) is 33.5 Å². The highest BCUT2D eigenvalue weighted by Crippen LogP contribution is 2.12. The predicted octanol–water partition coefficient (Wildman–Crippen LogP) is 2.03. The van der Waals surface area contributed by atoms with Crippen LogP contribution in [0.5, 0.6) is 0 Å². The molecule has 1 aromatic heterocycles. The molecule has 152 valence electrons. The van der Waals surface area contributed by atoms with Crippen molar-refractivity contribution in [2.75, 3.05) is 5.32 Å². The maximum atomic E-state index is 12.7. The second-order valence-electron chi connectivity index (χ2n) is 7.74. The smallest absolute Gasteiger partial charge is 0.348 e. The van der Waals surface area contributed by atoms with Crippen molar-refractivity contribution in [1.29, 1.82) is 0 Å². The second-order valence-corrected chi connectivity index (χ2v) is 7.74. The van der Waals surface area contributed by atoms with Gasteiger partial charge in [-0.15, -0.1) is 0 Å². The standard InChI is InChI=1S/C20H28N4O4/c1-11(2)9-14(21)17(25)22-16(10-12(3)4)18(26)24-20-23-15-8-6-5-7-13(15)19(27)28-20/h5-8,11-12,14,16H,9-10,21H2,1-4H3,(H,22,25)(H,23,24,26)/t14-,16-/m0/s1. The molecule has 1 heterocycles. The van der Waals surface area contributed by atoms with Crippen LogP contribution in [0.4, 0.5) is 6.01 Å². The molecule has 2 amide bonds. The summed E-state index contributed by atoms with van der Waals surface area (Å²) in [5, 5.41) is 5.52. The molecule has 8 nitrogen and oxygen atoms in total. The summed E-state index contributed by atoms with van der Waals surface area (Å²) in [6.45, 7) is 7.82. The van der Waals surface area contributed by atoms with Crippen LogP contribution < -0.4 is 22.0 Å². The summed E-state index contributed by atoms with van der Waals surface area (Å²) in [6, 6.07) is 4.97. The van der Waals surface area contributed by atoms with Crippen molar-refractivity contribution in [1.82, 2.24) is 10.3 Å². The molecule has 0 bridgehead atoms. The van der Waals surface area contributed by atoms with Crippen LogP contribution in [-0.2, 0) is 9.59 Å². The molecule has 4 N–H and O–H groups in total. The van der Waals surface area contributed by atoms with Gasteiger partial charge in [-0.05, 0) is 36.8 Å². The Morgan fingerprint density at radius 1 is 1.07 bits per heavy atom. The molecule has 0 aliphatic rings. The Bertz CT molecular complexity index is 891. The Hall–Kier alpha value is -2.74. The van der Waals surface area contributed by atoms with Crippen molar-refractivity contribution < 1.29 is 14.0 Å². The lowest BCUT2D eigenvalue weighted by Gasteiger charge is -2.22. The molecule has 28 heavy (non-hydrogen) atoms. The van der Waals surface area contributed by atoms with Gasteiger partial charge in [-0.25, -0.2) is 4.79 Å². The fourth-order valence-electron chi connectivity index (χ4n) is 2.86. The molecule has 0 saturated heterocycles. The molecule has 0 unspecified atom stereocenters. The SMILES string of the molecule is CC(C)C[C@H](NC(=O)[C@@H](N)CC(C)C)C(=O)Nc1nc2ccccc2c(=O)o1. The van der Waals surface area contributed by atoms with E-state index in [0.717, 1.165) is 0 Å². The quantitative estimate of drug-likeness (QED) is 0.635. The Labute approximate surface area is 163 Å². The molecule has 2 rings (SSSR count). The topological polar surface area (TPSA) is 127 Å². The van der Waals surface area contributed by atoms with Crippen molar-refractivity contribution in [3.05, 3.63) is 34.7 Å². The zero-order chi connectivity index (χ0) is 20.8. The number of anilines is 1. The van der Waals surface area contributed by atoms with Crippen LogP contribution in [0.3, 0.4) is 0 Å². The number of hydrogen-bond donors (Lipinski definition) is 3. The number of fused-ring (bicyclic) bond motifs is 1. The molecule has 1 aromatic carbocycles. The van der Waals surface area contributed by atoms with Crippen LogP contribution in [0.2, 0.25) is 0 Å². The summed E-state index contributed by atoms with van der Waals surface area (Å²) in [5.74, 6) is -0.490. The van der Waals surface area contributed by atoms with E-state index in [1.807, 2.05) is 27.7 Å². The number of nitrogens with one attached hydrogen (secondary N) is 2. The van der Waals surface area contributed by atoms with Crippen molar-refractivity contribution in [3.8, 4) is 0 Å². The monoisotopic (exact) mass is 388 g/mol. The molecular formula is C20H28N4O4. The van der Waals surface area contributed by atoms with E-state index in [4.69, 9.17) is 10.2 Å². The first-order valence-corrected chi connectivity index (χ1v) is 9.44. The van der Waals surface area contributed by atoms with Gasteiger partial charge in [-0.2, -0.15) is 4.98 Å². The van der Waals surface area contributed by atoms with Gasteiger partial charge in [0.1, 0.15) is 6.04 Å². The third kappa shape index (κ3) is 5.88. The van der Waals surface area contributed by atoms with Gasteiger partial charge in [0.05, 0.1) is 16.9 Å². The lowest BCUT2D eigenvalue weighted by molar-refractivity contribution is -0.127. The molecule has 0 aliphatic carbocycles. The van der Waals surface area contributed by atoms with Crippen LogP contribution in [0.1, 0.15) is 40.5 Å². The lowest BCUT2D eigenvalue weighted by Crippen LogP contribution is -2.50. The van der Waals surface area contributed by atoms with E-state index in [9.17, 15) is 14.4 Å². The van der Waals surface area contributed by atoms with Crippen molar-refractivity contribution in [3.63, 3.8) is 0 Å². The van der Waals surface area contributed by atoms with Crippen LogP contribution >= 0.6 is 0 Å². The van der Waals surface area contributed by atoms with Gasteiger partial charge in [0.15, 0.2) is 0 Å². The van der Waals surface area contributed by atoms with Gasteiger partial charge in [0.2, 0.25) is 5.91 Å². The fraction of sp³-hybridized carbons (Fsp3) is 0.500. The van der Waals surface area contributed by atoms with Crippen molar-refractivity contribution in [2.45, 2.75) is 52.6 Å². The molecule has 2 aromatic rings. The van der Waals surface area contributed by atoms with Gasteiger partial charge in [-0.1, -0.05) is 39.8 Å². The number of rotatable bonds is 8. The zero-order valence-corrected chi connectivity index (χ0v) is 16.7. The third-order valence-corrected chi connectivity index (χ3v) is 4.17. The maximum Gasteiger partial charge on any atom is 0.348 e. The predicted molar refractivity (Wildman–Crippen MR) is 108 cm³/mol. The van der Waals surface area contributed by atoms with E-state index in [2.05, 4.69) is 15.6 Å². The lowest BCUT2D eigenvalue weighted by atomic mass is 10.0. The maximum absolute atomic E-state index is 12.7. The highest BCUT2D eigenvalue weighted by Gasteiger charge is 2.26. The summed E-state index contributed by atoms with van der Waals surface area (Å²) in [5.41, 5.74) is 5.74. The molecular weight excluding hydrogens is 360 g/mol. The summed E-state index contributed by atoms with van der Waals surface area (Å²) in [6.07, 6.45) is 0.923. The summed E-state index contributed by atoms with van der Waals surface area (Å²) >= 11 is 0.